The number of benzene rings is 1. The first kappa shape index (κ1) is 13.0. The summed E-state index contributed by atoms with van der Waals surface area (Å²) >= 11 is 0. The van der Waals surface area contributed by atoms with Gasteiger partial charge in [-0.15, -0.1) is 0 Å². The van der Waals surface area contributed by atoms with Crippen LogP contribution in [-0.2, 0) is 6.54 Å². The van der Waals surface area contributed by atoms with E-state index in [0.29, 0.717) is 0 Å². The number of para-hydroxylation sites is 1. The zero-order chi connectivity index (χ0) is 12.8. The van der Waals surface area contributed by atoms with Gasteiger partial charge in [-0.25, -0.2) is 0 Å². The Hall–Kier alpha value is -1.45. The number of fused-ring (bicyclic) bond motifs is 1. The van der Waals surface area contributed by atoms with Crippen molar-refractivity contribution in [3.63, 3.8) is 0 Å². The minimum atomic E-state index is 0.252. The van der Waals surface area contributed by atoms with Gasteiger partial charge in [0.1, 0.15) is 0 Å². The summed E-state index contributed by atoms with van der Waals surface area (Å²) in [6, 6.07) is 12.4. The van der Waals surface area contributed by atoms with Crippen molar-refractivity contribution >= 4 is 10.9 Å². The number of aliphatic hydroxyl groups excluding tert-OH is 1. The number of nitrogens with zero attached hydrogens (tertiary/aromatic N) is 2. The van der Waals surface area contributed by atoms with E-state index in [4.69, 9.17) is 5.11 Å². The molecular weight excluding hydrogens is 224 g/mol. The molecule has 0 radical (unpaired) electrons. The van der Waals surface area contributed by atoms with E-state index in [9.17, 15) is 0 Å². The topological polar surface area (TPSA) is 36.4 Å². The van der Waals surface area contributed by atoms with Crippen molar-refractivity contribution in [1.82, 2.24) is 9.88 Å². The largest absolute Gasteiger partial charge is 0.396 e. The number of rotatable bonds is 6. The van der Waals surface area contributed by atoms with E-state index in [1.165, 1.54) is 5.39 Å². The van der Waals surface area contributed by atoms with Crippen LogP contribution in [-0.4, -0.2) is 34.7 Å². The van der Waals surface area contributed by atoms with Crippen molar-refractivity contribution in [1.29, 1.82) is 0 Å². The van der Waals surface area contributed by atoms with Crippen LogP contribution in [0.1, 0.15) is 19.0 Å². The second-order valence-corrected chi connectivity index (χ2v) is 4.44. The van der Waals surface area contributed by atoms with Crippen LogP contribution in [0.2, 0.25) is 0 Å². The number of aliphatic hydroxyl groups is 1. The molecule has 0 spiro atoms. The minimum absolute atomic E-state index is 0.252. The highest BCUT2D eigenvalue weighted by molar-refractivity contribution is 5.78. The zero-order valence-electron chi connectivity index (χ0n) is 10.8. The molecule has 0 fully saturated rings. The molecule has 0 atom stereocenters. The summed E-state index contributed by atoms with van der Waals surface area (Å²) in [6.45, 7) is 5.14. The fraction of sp³-hybridized carbons (Fsp3) is 0.400. The average Bonchev–Trinajstić information content (AvgIpc) is 2.43. The molecule has 0 bridgehead atoms. The first-order valence-electron chi connectivity index (χ1n) is 6.51. The van der Waals surface area contributed by atoms with Gasteiger partial charge in [-0.3, -0.25) is 9.88 Å². The third-order valence-electron chi connectivity index (χ3n) is 3.12. The lowest BCUT2D eigenvalue weighted by atomic mass is 10.2. The SMILES string of the molecule is CCN(CCCO)Cc1ccc2ccccc2n1. The molecule has 0 unspecified atom stereocenters. The van der Waals surface area contributed by atoms with Gasteiger partial charge in [-0.05, 0) is 25.1 Å². The molecule has 0 saturated carbocycles. The summed E-state index contributed by atoms with van der Waals surface area (Å²) in [5.74, 6) is 0. The molecule has 0 aliphatic rings. The summed E-state index contributed by atoms with van der Waals surface area (Å²) in [7, 11) is 0. The van der Waals surface area contributed by atoms with Crippen molar-refractivity contribution in [3.05, 3.63) is 42.1 Å². The Balaban J connectivity index is 2.10. The Labute approximate surface area is 108 Å². The van der Waals surface area contributed by atoms with Gasteiger partial charge < -0.3 is 5.11 Å². The van der Waals surface area contributed by atoms with Gasteiger partial charge in [0.2, 0.25) is 0 Å². The standard InChI is InChI=1S/C15H20N2O/c1-2-17(10-5-11-18)12-14-9-8-13-6-3-4-7-15(13)16-14/h3-4,6-9,18H,2,5,10-12H2,1H3. The smallest absolute Gasteiger partial charge is 0.0705 e. The van der Waals surface area contributed by atoms with Gasteiger partial charge in [0.15, 0.2) is 0 Å². The molecule has 3 nitrogen and oxygen atoms in total. The Kier molecular flexibility index (Phi) is 4.67. The molecule has 1 N–H and O–H groups in total. The number of hydrogen-bond donors (Lipinski definition) is 1. The lowest BCUT2D eigenvalue weighted by molar-refractivity contribution is 0.224. The lowest BCUT2D eigenvalue weighted by Gasteiger charge is -2.19. The summed E-state index contributed by atoms with van der Waals surface area (Å²) in [4.78, 5) is 6.97. The molecule has 1 heterocycles. The molecule has 18 heavy (non-hydrogen) atoms. The first-order valence-corrected chi connectivity index (χ1v) is 6.51. The van der Waals surface area contributed by atoms with E-state index >= 15 is 0 Å². The van der Waals surface area contributed by atoms with Crippen LogP contribution >= 0.6 is 0 Å². The molecule has 1 aromatic carbocycles. The highest BCUT2D eigenvalue weighted by Gasteiger charge is 2.05. The minimum Gasteiger partial charge on any atom is -0.396 e. The highest BCUT2D eigenvalue weighted by Crippen LogP contribution is 2.13. The van der Waals surface area contributed by atoms with Gasteiger partial charge in [-0.1, -0.05) is 31.2 Å². The molecule has 1 aromatic heterocycles. The van der Waals surface area contributed by atoms with Crippen LogP contribution in [0.4, 0.5) is 0 Å². The molecule has 2 rings (SSSR count). The maximum absolute atomic E-state index is 8.88. The second-order valence-electron chi connectivity index (χ2n) is 4.44. The van der Waals surface area contributed by atoms with Gasteiger partial charge in [-0.2, -0.15) is 0 Å². The Morgan fingerprint density at radius 2 is 2.00 bits per heavy atom. The summed E-state index contributed by atoms with van der Waals surface area (Å²) in [6.07, 6.45) is 0.821. The molecular formula is C15H20N2O. The van der Waals surface area contributed by atoms with E-state index in [2.05, 4.69) is 35.0 Å². The van der Waals surface area contributed by atoms with E-state index in [-0.39, 0.29) is 6.61 Å². The highest BCUT2D eigenvalue weighted by atomic mass is 16.3. The maximum atomic E-state index is 8.88. The van der Waals surface area contributed by atoms with Crippen LogP contribution in [0, 0.1) is 0 Å². The zero-order valence-corrected chi connectivity index (χ0v) is 10.8. The number of pyridine rings is 1. The van der Waals surface area contributed by atoms with Crippen molar-refractivity contribution in [3.8, 4) is 0 Å². The summed E-state index contributed by atoms with van der Waals surface area (Å²) in [5, 5.41) is 10.1. The van der Waals surface area contributed by atoms with Crippen molar-refractivity contribution in [2.24, 2.45) is 0 Å². The maximum Gasteiger partial charge on any atom is 0.0705 e. The first-order chi connectivity index (χ1) is 8.83. The van der Waals surface area contributed by atoms with Crippen LogP contribution in [0.3, 0.4) is 0 Å². The summed E-state index contributed by atoms with van der Waals surface area (Å²) < 4.78 is 0. The molecule has 96 valence electrons. The Morgan fingerprint density at radius 3 is 2.78 bits per heavy atom. The van der Waals surface area contributed by atoms with Gasteiger partial charge in [0.05, 0.1) is 11.2 Å². The van der Waals surface area contributed by atoms with Crippen LogP contribution < -0.4 is 0 Å². The molecule has 2 aromatic rings. The third-order valence-corrected chi connectivity index (χ3v) is 3.12. The van der Waals surface area contributed by atoms with Crippen LogP contribution in [0.15, 0.2) is 36.4 Å². The monoisotopic (exact) mass is 244 g/mol. The fourth-order valence-corrected chi connectivity index (χ4v) is 2.07. The predicted molar refractivity (Wildman–Crippen MR) is 74.4 cm³/mol. The van der Waals surface area contributed by atoms with E-state index in [1.54, 1.807) is 0 Å². The van der Waals surface area contributed by atoms with E-state index < -0.39 is 0 Å². The fourth-order valence-electron chi connectivity index (χ4n) is 2.07. The number of hydrogen-bond acceptors (Lipinski definition) is 3. The van der Waals surface area contributed by atoms with Gasteiger partial charge >= 0.3 is 0 Å². The molecule has 0 aliphatic heterocycles. The Morgan fingerprint density at radius 1 is 1.17 bits per heavy atom. The van der Waals surface area contributed by atoms with Crippen molar-refractivity contribution in [2.75, 3.05) is 19.7 Å². The van der Waals surface area contributed by atoms with E-state index in [1.807, 2.05) is 18.2 Å². The van der Waals surface area contributed by atoms with Crippen LogP contribution in [0.5, 0.6) is 0 Å². The van der Waals surface area contributed by atoms with Crippen LogP contribution in [0.25, 0.3) is 10.9 Å². The third kappa shape index (κ3) is 3.28. The van der Waals surface area contributed by atoms with E-state index in [0.717, 1.165) is 37.3 Å². The molecule has 0 aliphatic carbocycles. The van der Waals surface area contributed by atoms with Gasteiger partial charge in [0.25, 0.3) is 0 Å². The Bertz CT molecular complexity index is 499. The number of aromatic nitrogens is 1. The van der Waals surface area contributed by atoms with Crippen molar-refractivity contribution in [2.45, 2.75) is 19.9 Å². The molecule has 0 amide bonds. The predicted octanol–water partition coefficient (Wildman–Crippen LogP) is 2.44. The normalized spacial score (nSPS) is 11.3. The lowest BCUT2D eigenvalue weighted by Crippen LogP contribution is -2.25. The molecule has 3 heteroatoms. The summed E-state index contributed by atoms with van der Waals surface area (Å²) in [5.41, 5.74) is 2.14. The quantitative estimate of drug-likeness (QED) is 0.848. The van der Waals surface area contributed by atoms with Gasteiger partial charge in [0, 0.05) is 25.1 Å². The average molecular weight is 244 g/mol. The van der Waals surface area contributed by atoms with Crippen molar-refractivity contribution < 1.29 is 5.11 Å². The molecule has 0 saturated heterocycles. The second kappa shape index (κ2) is 6.47.